The van der Waals surface area contributed by atoms with Crippen molar-refractivity contribution in [1.29, 1.82) is 0 Å². The zero-order valence-corrected chi connectivity index (χ0v) is 17.7. The number of aryl methyl sites for hydroxylation is 3. The van der Waals surface area contributed by atoms with Crippen molar-refractivity contribution in [2.45, 2.75) is 33.6 Å². The SMILES string of the molecule is CCc1ccc(NC(=O)C(=O)NCCc2sc(-c3cccc(C)c3)nc2C)cc1. The Hall–Kier alpha value is -2.99. The van der Waals surface area contributed by atoms with Gasteiger partial charge in [0.15, 0.2) is 0 Å². The lowest BCUT2D eigenvalue weighted by Crippen LogP contribution is -2.36. The number of nitrogens with one attached hydrogen (secondary N) is 2. The molecule has 0 saturated heterocycles. The van der Waals surface area contributed by atoms with Crippen LogP contribution in [-0.2, 0) is 22.4 Å². The lowest BCUT2D eigenvalue weighted by atomic mass is 10.1. The van der Waals surface area contributed by atoms with Crippen LogP contribution in [0.15, 0.2) is 48.5 Å². The Labute approximate surface area is 175 Å². The van der Waals surface area contributed by atoms with Crippen molar-refractivity contribution >= 4 is 28.8 Å². The monoisotopic (exact) mass is 407 g/mol. The fraction of sp³-hybridized carbons (Fsp3) is 0.261. The molecule has 3 aromatic rings. The van der Waals surface area contributed by atoms with E-state index in [1.54, 1.807) is 23.5 Å². The van der Waals surface area contributed by atoms with Crippen molar-refractivity contribution in [2.75, 3.05) is 11.9 Å². The molecule has 0 unspecified atom stereocenters. The molecule has 0 atom stereocenters. The van der Waals surface area contributed by atoms with E-state index in [0.29, 0.717) is 18.7 Å². The molecule has 1 heterocycles. The highest BCUT2D eigenvalue weighted by Gasteiger charge is 2.14. The van der Waals surface area contributed by atoms with Crippen molar-refractivity contribution < 1.29 is 9.59 Å². The molecule has 29 heavy (non-hydrogen) atoms. The van der Waals surface area contributed by atoms with Crippen molar-refractivity contribution in [2.24, 2.45) is 0 Å². The van der Waals surface area contributed by atoms with Crippen LogP contribution in [0, 0.1) is 13.8 Å². The van der Waals surface area contributed by atoms with Gasteiger partial charge in [-0.1, -0.05) is 42.8 Å². The molecular weight excluding hydrogens is 382 g/mol. The Morgan fingerprint density at radius 1 is 1.03 bits per heavy atom. The standard InChI is InChI=1S/C23H25N3O2S/c1-4-17-8-10-19(11-9-17)26-22(28)21(27)24-13-12-20-16(3)25-23(29-20)18-7-5-6-15(2)14-18/h5-11,14H,4,12-13H2,1-3H3,(H,24,27)(H,26,28). The van der Waals surface area contributed by atoms with Crippen LogP contribution < -0.4 is 10.6 Å². The minimum atomic E-state index is -0.657. The number of hydrogen-bond acceptors (Lipinski definition) is 4. The number of carbonyl (C=O) groups is 2. The number of aromatic nitrogens is 1. The molecule has 0 radical (unpaired) electrons. The molecule has 5 nitrogen and oxygen atoms in total. The smallest absolute Gasteiger partial charge is 0.313 e. The predicted molar refractivity (Wildman–Crippen MR) is 118 cm³/mol. The summed E-state index contributed by atoms with van der Waals surface area (Å²) in [5.41, 5.74) is 5.04. The summed E-state index contributed by atoms with van der Waals surface area (Å²) in [5, 5.41) is 6.28. The van der Waals surface area contributed by atoms with E-state index in [0.717, 1.165) is 27.6 Å². The van der Waals surface area contributed by atoms with Gasteiger partial charge in [0, 0.05) is 29.1 Å². The summed E-state index contributed by atoms with van der Waals surface area (Å²) < 4.78 is 0. The molecule has 1 aromatic heterocycles. The van der Waals surface area contributed by atoms with Crippen LogP contribution in [0.2, 0.25) is 0 Å². The predicted octanol–water partition coefficient (Wildman–Crippen LogP) is 4.29. The van der Waals surface area contributed by atoms with Gasteiger partial charge in [-0.25, -0.2) is 4.98 Å². The molecule has 0 spiro atoms. The van der Waals surface area contributed by atoms with Gasteiger partial charge in [-0.3, -0.25) is 9.59 Å². The minimum Gasteiger partial charge on any atom is -0.347 e. The average Bonchev–Trinajstić information content (AvgIpc) is 3.09. The van der Waals surface area contributed by atoms with Gasteiger partial charge in [0.1, 0.15) is 5.01 Å². The fourth-order valence-electron chi connectivity index (χ4n) is 2.94. The van der Waals surface area contributed by atoms with Crippen LogP contribution in [-0.4, -0.2) is 23.3 Å². The number of carbonyl (C=O) groups excluding carboxylic acids is 2. The molecule has 2 aromatic carbocycles. The number of hydrogen-bond donors (Lipinski definition) is 2. The van der Waals surface area contributed by atoms with E-state index in [-0.39, 0.29) is 0 Å². The molecular formula is C23H25N3O2S. The molecule has 3 rings (SSSR count). The molecule has 0 aliphatic carbocycles. The maximum atomic E-state index is 12.1. The Morgan fingerprint density at radius 2 is 1.79 bits per heavy atom. The second-order valence-electron chi connectivity index (χ2n) is 6.91. The Kier molecular flexibility index (Phi) is 6.77. The number of amides is 2. The van der Waals surface area contributed by atoms with Gasteiger partial charge in [0.2, 0.25) is 0 Å². The maximum absolute atomic E-state index is 12.1. The van der Waals surface area contributed by atoms with Crippen LogP contribution in [0.3, 0.4) is 0 Å². The number of rotatable bonds is 6. The van der Waals surface area contributed by atoms with E-state index >= 15 is 0 Å². The van der Waals surface area contributed by atoms with Crippen molar-refractivity contribution in [1.82, 2.24) is 10.3 Å². The summed E-state index contributed by atoms with van der Waals surface area (Å²) in [5.74, 6) is -1.29. The highest BCUT2D eigenvalue weighted by Crippen LogP contribution is 2.28. The van der Waals surface area contributed by atoms with Crippen LogP contribution in [0.25, 0.3) is 10.6 Å². The quantitative estimate of drug-likeness (QED) is 0.599. The molecule has 2 amide bonds. The summed E-state index contributed by atoms with van der Waals surface area (Å²) in [6.07, 6.45) is 1.57. The molecule has 6 heteroatoms. The third-order valence-corrected chi connectivity index (χ3v) is 5.89. The van der Waals surface area contributed by atoms with Gasteiger partial charge in [0.25, 0.3) is 0 Å². The summed E-state index contributed by atoms with van der Waals surface area (Å²) in [6.45, 7) is 6.48. The zero-order chi connectivity index (χ0) is 20.8. The lowest BCUT2D eigenvalue weighted by Gasteiger charge is -2.07. The van der Waals surface area contributed by atoms with Crippen molar-refractivity contribution in [3.63, 3.8) is 0 Å². The van der Waals surface area contributed by atoms with E-state index in [1.807, 2.05) is 31.2 Å². The lowest BCUT2D eigenvalue weighted by molar-refractivity contribution is -0.136. The summed E-state index contributed by atoms with van der Waals surface area (Å²) >= 11 is 1.62. The fourth-order valence-corrected chi connectivity index (χ4v) is 4.00. The second kappa shape index (κ2) is 9.47. The molecule has 2 N–H and O–H groups in total. The van der Waals surface area contributed by atoms with E-state index in [9.17, 15) is 9.59 Å². The van der Waals surface area contributed by atoms with Gasteiger partial charge < -0.3 is 10.6 Å². The highest BCUT2D eigenvalue weighted by molar-refractivity contribution is 7.15. The number of nitrogens with zero attached hydrogens (tertiary/aromatic N) is 1. The molecule has 0 aliphatic rings. The van der Waals surface area contributed by atoms with Crippen LogP contribution in [0.5, 0.6) is 0 Å². The Morgan fingerprint density at radius 3 is 2.48 bits per heavy atom. The third kappa shape index (κ3) is 5.51. The molecule has 0 saturated carbocycles. The van der Waals surface area contributed by atoms with E-state index < -0.39 is 11.8 Å². The van der Waals surface area contributed by atoms with E-state index in [1.165, 1.54) is 11.1 Å². The first-order valence-electron chi connectivity index (χ1n) is 9.67. The Bertz CT molecular complexity index is 1010. The van der Waals surface area contributed by atoms with E-state index in [2.05, 4.69) is 41.6 Å². The summed E-state index contributed by atoms with van der Waals surface area (Å²) in [6, 6.07) is 15.7. The average molecular weight is 408 g/mol. The minimum absolute atomic E-state index is 0.386. The van der Waals surface area contributed by atoms with Crippen molar-refractivity contribution in [3.05, 3.63) is 70.2 Å². The van der Waals surface area contributed by atoms with Gasteiger partial charge >= 0.3 is 11.8 Å². The largest absolute Gasteiger partial charge is 0.347 e. The van der Waals surface area contributed by atoms with Crippen LogP contribution in [0.4, 0.5) is 5.69 Å². The topological polar surface area (TPSA) is 71.1 Å². The first-order valence-corrected chi connectivity index (χ1v) is 10.5. The highest BCUT2D eigenvalue weighted by atomic mass is 32.1. The summed E-state index contributed by atoms with van der Waals surface area (Å²) in [7, 11) is 0. The third-order valence-electron chi connectivity index (χ3n) is 4.62. The normalized spacial score (nSPS) is 10.6. The van der Waals surface area contributed by atoms with E-state index in [4.69, 9.17) is 0 Å². The zero-order valence-electron chi connectivity index (χ0n) is 16.9. The van der Waals surface area contributed by atoms with Crippen molar-refractivity contribution in [3.8, 4) is 10.6 Å². The second-order valence-corrected chi connectivity index (χ2v) is 7.99. The number of benzene rings is 2. The Balaban J connectivity index is 1.52. The van der Waals surface area contributed by atoms with Gasteiger partial charge in [0.05, 0.1) is 5.69 Å². The maximum Gasteiger partial charge on any atom is 0.313 e. The van der Waals surface area contributed by atoms with Gasteiger partial charge in [-0.15, -0.1) is 11.3 Å². The van der Waals surface area contributed by atoms with Gasteiger partial charge in [-0.05, 0) is 44.0 Å². The molecule has 150 valence electrons. The first-order chi connectivity index (χ1) is 14.0. The van der Waals surface area contributed by atoms with Crippen LogP contribution >= 0.6 is 11.3 Å². The van der Waals surface area contributed by atoms with Gasteiger partial charge in [-0.2, -0.15) is 0 Å². The summed E-state index contributed by atoms with van der Waals surface area (Å²) in [4.78, 5) is 29.9. The number of thiazole rings is 1. The molecule has 0 fully saturated rings. The molecule has 0 aliphatic heterocycles. The van der Waals surface area contributed by atoms with Crippen LogP contribution in [0.1, 0.15) is 28.6 Å². The molecule has 0 bridgehead atoms. The number of anilines is 1. The first kappa shape index (κ1) is 20.7.